The van der Waals surface area contributed by atoms with Crippen LogP contribution >= 0.6 is 34.8 Å². The normalized spacial score (nSPS) is 19.0. The monoisotopic (exact) mass is 466 g/mol. The minimum absolute atomic E-state index is 0.425. The van der Waals surface area contributed by atoms with Gasteiger partial charge in [-0.1, -0.05) is 59.1 Å². The van der Waals surface area contributed by atoms with E-state index in [1.807, 2.05) is 41.3 Å². The van der Waals surface area contributed by atoms with E-state index in [9.17, 15) is 0 Å². The zero-order valence-corrected chi connectivity index (χ0v) is 19.4. The standard InChI is InChI=1S/C22H25Cl3N4O/c1-28-11-9-15(10-12-28)13-29-14-26-20(27-21(29)22(23,24)25)18-7-8-19(30-2)17-6-4-3-5-16(17)18/h3-8,15H,9-14H2,1-2H3. The van der Waals surface area contributed by atoms with E-state index >= 15 is 0 Å². The Bertz CT molecular complexity index is 978. The van der Waals surface area contributed by atoms with Crippen LogP contribution in [0.2, 0.25) is 0 Å². The first-order valence-corrected chi connectivity index (χ1v) is 11.2. The number of benzene rings is 2. The van der Waals surface area contributed by atoms with Gasteiger partial charge < -0.3 is 14.5 Å². The van der Waals surface area contributed by atoms with Gasteiger partial charge in [-0.05, 0) is 56.4 Å². The van der Waals surface area contributed by atoms with Crippen LogP contribution in [0, 0.1) is 5.92 Å². The highest BCUT2D eigenvalue weighted by Crippen LogP contribution is 2.34. The molecule has 1 fully saturated rings. The second-order valence-corrected chi connectivity index (χ2v) is 10.2. The van der Waals surface area contributed by atoms with Gasteiger partial charge in [-0.3, -0.25) is 0 Å². The Balaban J connectivity index is 1.66. The van der Waals surface area contributed by atoms with Crippen molar-refractivity contribution in [3.63, 3.8) is 0 Å². The fourth-order valence-corrected chi connectivity index (χ4v) is 4.64. The molecule has 4 rings (SSSR count). The molecule has 2 aromatic carbocycles. The summed E-state index contributed by atoms with van der Waals surface area (Å²) < 4.78 is 3.89. The van der Waals surface area contributed by atoms with Gasteiger partial charge in [-0.2, -0.15) is 0 Å². The van der Waals surface area contributed by atoms with Gasteiger partial charge in [0.15, 0.2) is 11.7 Å². The van der Waals surface area contributed by atoms with Crippen LogP contribution < -0.4 is 4.74 Å². The molecule has 0 atom stereocenters. The molecule has 160 valence electrons. The van der Waals surface area contributed by atoms with Crippen molar-refractivity contribution in [2.24, 2.45) is 15.9 Å². The minimum atomic E-state index is -1.62. The third-order valence-electron chi connectivity index (χ3n) is 5.82. The third-order valence-corrected chi connectivity index (χ3v) is 6.32. The van der Waals surface area contributed by atoms with Crippen molar-refractivity contribution in [1.82, 2.24) is 9.80 Å². The summed E-state index contributed by atoms with van der Waals surface area (Å²) in [6, 6.07) is 11.9. The molecule has 2 aromatic rings. The maximum atomic E-state index is 6.34. The molecule has 1 saturated heterocycles. The summed E-state index contributed by atoms with van der Waals surface area (Å²) in [5.41, 5.74) is 0.900. The van der Waals surface area contributed by atoms with Gasteiger partial charge in [-0.15, -0.1) is 0 Å². The van der Waals surface area contributed by atoms with Crippen molar-refractivity contribution in [2.45, 2.75) is 16.6 Å². The van der Waals surface area contributed by atoms with Crippen LogP contribution in [0.3, 0.4) is 0 Å². The third kappa shape index (κ3) is 4.54. The molecule has 0 aromatic heterocycles. The van der Waals surface area contributed by atoms with Crippen LogP contribution in [0.4, 0.5) is 0 Å². The van der Waals surface area contributed by atoms with Gasteiger partial charge in [-0.25, -0.2) is 9.98 Å². The number of alkyl halides is 3. The summed E-state index contributed by atoms with van der Waals surface area (Å²) in [6.45, 7) is 3.39. The Hall–Kier alpha value is -1.53. The average molecular weight is 468 g/mol. The number of piperidine rings is 1. The van der Waals surface area contributed by atoms with Crippen molar-refractivity contribution in [2.75, 3.05) is 40.5 Å². The summed E-state index contributed by atoms with van der Waals surface area (Å²) >= 11 is 19.0. The molecular formula is C22H25Cl3N4O. The molecule has 2 aliphatic rings. The van der Waals surface area contributed by atoms with E-state index in [-0.39, 0.29) is 0 Å². The number of hydrogen-bond donors (Lipinski definition) is 0. The van der Waals surface area contributed by atoms with Crippen molar-refractivity contribution in [3.05, 3.63) is 42.0 Å². The molecule has 5 nitrogen and oxygen atoms in total. The van der Waals surface area contributed by atoms with E-state index in [1.165, 1.54) is 0 Å². The van der Waals surface area contributed by atoms with E-state index < -0.39 is 3.79 Å². The Morgan fingerprint density at radius 3 is 2.43 bits per heavy atom. The van der Waals surface area contributed by atoms with E-state index in [1.54, 1.807) is 7.11 Å². The van der Waals surface area contributed by atoms with Crippen LogP contribution in [0.5, 0.6) is 5.75 Å². The van der Waals surface area contributed by atoms with E-state index in [0.29, 0.717) is 24.3 Å². The summed E-state index contributed by atoms with van der Waals surface area (Å²) in [5, 5.41) is 2.01. The number of hydrogen-bond acceptors (Lipinski definition) is 5. The predicted octanol–water partition coefficient (Wildman–Crippen LogP) is 4.98. The Morgan fingerprint density at radius 1 is 1.07 bits per heavy atom. The molecule has 0 aliphatic carbocycles. The maximum absolute atomic E-state index is 6.34. The number of fused-ring (bicyclic) bond motifs is 1. The molecule has 0 unspecified atom stereocenters. The van der Waals surface area contributed by atoms with Gasteiger partial charge in [0.2, 0.25) is 3.79 Å². The molecule has 0 saturated carbocycles. The van der Waals surface area contributed by atoms with Gasteiger partial charge in [0.1, 0.15) is 12.4 Å². The van der Waals surface area contributed by atoms with Gasteiger partial charge in [0.05, 0.1) is 7.11 Å². The number of methoxy groups -OCH3 is 1. The van der Waals surface area contributed by atoms with E-state index in [0.717, 1.165) is 54.6 Å². The Kier molecular flexibility index (Phi) is 6.44. The lowest BCUT2D eigenvalue weighted by molar-refractivity contribution is 0.193. The maximum Gasteiger partial charge on any atom is 0.248 e. The highest BCUT2D eigenvalue weighted by atomic mass is 35.6. The minimum Gasteiger partial charge on any atom is -0.496 e. The van der Waals surface area contributed by atoms with Crippen LogP contribution in [-0.4, -0.2) is 65.7 Å². The molecule has 8 heteroatoms. The number of aliphatic imine (C=N–C) groups is 2. The lowest BCUT2D eigenvalue weighted by Crippen LogP contribution is -2.46. The highest BCUT2D eigenvalue weighted by molar-refractivity contribution is 6.76. The van der Waals surface area contributed by atoms with E-state index in [4.69, 9.17) is 49.5 Å². The number of amidine groups is 2. The fourth-order valence-electron chi connectivity index (χ4n) is 4.16. The van der Waals surface area contributed by atoms with Gasteiger partial charge in [0, 0.05) is 17.5 Å². The Morgan fingerprint density at radius 2 is 1.77 bits per heavy atom. The van der Waals surface area contributed by atoms with Crippen molar-refractivity contribution in [3.8, 4) is 5.75 Å². The molecule has 2 heterocycles. The lowest BCUT2D eigenvalue weighted by Gasteiger charge is -2.36. The number of ether oxygens (including phenoxy) is 1. The smallest absolute Gasteiger partial charge is 0.248 e. The Labute approximate surface area is 192 Å². The van der Waals surface area contributed by atoms with Crippen LogP contribution in [0.15, 0.2) is 46.4 Å². The summed E-state index contributed by atoms with van der Waals surface area (Å²) in [6.07, 6.45) is 2.25. The van der Waals surface area contributed by atoms with Gasteiger partial charge >= 0.3 is 0 Å². The highest BCUT2D eigenvalue weighted by Gasteiger charge is 2.36. The zero-order valence-electron chi connectivity index (χ0n) is 17.1. The largest absolute Gasteiger partial charge is 0.496 e. The molecular weight excluding hydrogens is 443 g/mol. The second-order valence-electron chi connectivity index (χ2n) is 7.89. The average Bonchev–Trinajstić information content (AvgIpc) is 2.74. The molecule has 0 amide bonds. The van der Waals surface area contributed by atoms with E-state index in [2.05, 4.69) is 11.9 Å². The van der Waals surface area contributed by atoms with Crippen molar-refractivity contribution in [1.29, 1.82) is 0 Å². The molecule has 2 aliphatic heterocycles. The first-order chi connectivity index (χ1) is 14.4. The SMILES string of the molecule is COc1ccc(C2=NCN(CC3CCN(C)CC3)C(C(Cl)(Cl)Cl)=N2)c2ccccc12. The molecule has 0 bridgehead atoms. The van der Waals surface area contributed by atoms with Crippen LogP contribution in [-0.2, 0) is 0 Å². The first-order valence-electron chi connectivity index (χ1n) is 10.1. The van der Waals surface area contributed by atoms with Crippen LogP contribution in [0.1, 0.15) is 18.4 Å². The van der Waals surface area contributed by atoms with Crippen molar-refractivity contribution < 1.29 is 4.74 Å². The summed E-state index contributed by atoms with van der Waals surface area (Å²) in [7, 11) is 3.82. The quantitative estimate of drug-likeness (QED) is 0.596. The van der Waals surface area contributed by atoms with Crippen LogP contribution in [0.25, 0.3) is 10.8 Å². The topological polar surface area (TPSA) is 40.4 Å². The lowest BCUT2D eigenvalue weighted by atomic mass is 9.96. The molecule has 30 heavy (non-hydrogen) atoms. The molecule has 0 N–H and O–H groups in total. The number of halogens is 3. The number of rotatable bonds is 4. The second kappa shape index (κ2) is 8.91. The fraction of sp³-hybridized carbons (Fsp3) is 0.455. The first kappa shape index (κ1) is 21.7. The molecule has 0 radical (unpaired) electrons. The zero-order chi connectivity index (χ0) is 21.3. The van der Waals surface area contributed by atoms with Gasteiger partial charge in [0.25, 0.3) is 0 Å². The summed E-state index contributed by atoms with van der Waals surface area (Å²) in [5.74, 6) is 2.36. The predicted molar refractivity (Wildman–Crippen MR) is 127 cm³/mol. The molecule has 0 spiro atoms. The van der Waals surface area contributed by atoms with Crippen molar-refractivity contribution >= 4 is 57.2 Å². The number of likely N-dealkylation sites (tertiary alicyclic amines) is 1. The summed E-state index contributed by atoms with van der Waals surface area (Å²) in [4.78, 5) is 13.9. The number of nitrogens with zero attached hydrogens (tertiary/aromatic N) is 4.